The second kappa shape index (κ2) is 8.97. The summed E-state index contributed by atoms with van der Waals surface area (Å²) in [5.41, 5.74) is 3.27. The lowest BCUT2D eigenvalue weighted by Crippen LogP contribution is -2.23. The van der Waals surface area contributed by atoms with E-state index in [2.05, 4.69) is 17.6 Å². The van der Waals surface area contributed by atoms with Crippen LogP contribution in [0.25, 0.3) is 0 Å². The summed E-state index contributed by atoms with van der Waals surface area (Å²) in [6.07, 6.45) is 2.82. The molecule has 5 nitrogen and oxygen atoms in total. The molecule has 0 fully saturated rings. The second-order valence-corrected chi connectivity index (χ2v) is 8.60. The van der Waals surface area contributed by atoms with Gasteiger partial charge in [-0.2, -0.15) is 0 Å². The van der Waals surface area contributed by atoms with E-state index < -0.39 is 0 Å². The molecule has 0 bridgehead atoms. The van der Waals surface area contributed by atoms with Crippen LogP contribution in [0.15, 0.2) is 18.2 Å². The number of amides is 1. The maximum atomic E-state index is 12.5. The Balaban J connectivity index is 1.76. The van der Waals surface area contributed by atoms with Crippen LogP contribution in [0.2, 0.25) is 5.02 Å². The number of anilines is 2. The lowest BCUT2D eigenvalue weighted by atomic mass is 9.88. The first-order valence-corrected chi connectivity index (χ1v) is 10.7. The third kappa shape index (κ3) is 4.50. The van der Waals surface area contributed by atoms with Gasteiger partial charge in [0.25, 0.3) is 0 Å². The Labute approximate surface area is 174 Å². The van der Waals surface area contributed by atoms with Crippen molar-refractivity contribution in [3.05, 3.63) is 44.8 Å². The van der Waals surface area contributed by atoms with Crippen molar-refractivity contribution in [1.82, 2.24) is 0 Å². The lowest BCUT2D eigenvalue weighted by molar-refractivity contribution is -0.114. The van der Waals surface area contributed by atoms with Crippen molar-refractivity contribution in [2.75, 3.05) is 23.8 Å². The molecule has 0 saturated carbocycles. The molecular weight excluding hydrogens is 396 g/mol. The van der Waals surface area contributed by atoms with Crippen LogP contribution in [0, 0.1) is 12.8 Å². The number of halogens is 1. The van der Waals surface area contributed by atoms with E-state index in [0.717, 1.165) is 36.1 Å². The van der Waals surface area contributed by atoms with Gasteiger partial charge in [-0.1, -0.05) is 24.6 Å². The van der Waals surface area contributed by atoms with Crippen molar-refractivity contribution in [1.29, 1.82) is 0 Å². The van der Waals surface area contributed by atoms with Gasteiger partial charge in [0.1, 0.15) is 5.00 Å². The van der Waals surface area contributed by atoms with Crippen molar-refractivity contribution in [2.45, 2.75) is 40.0 Å². The lowest BCUT2D eigenvalue weighted by Gasteiger charge is -2.18. The monoisotopic (exact) mass is 420 g/mol. The fraction of sp³-hybridized carbons (Fsp3) is 0.429. The van der Waals surface area contributed by atoms with Crippen molar-refractivity contribution in [3.8, 4) is 0 Å². The van der Waals surface area contributed by atoms with Gasteiger partial charge < -0.3 is 15.4 Å². The smallest absolute Gasteiger partial charge is 0.341 e. The van der Waals surface area contributed by atoms with Crippen LogP contribution in [-0.2, 0) is 22.4 Å². The number of esters is 1. The number of benzene rings is 1. The number of carbonyl (C=O) groups excluding carboxylic acids is 2. The quantitative estimate of drug-likeness (QED) is 0.641. The van der Waals surface area contributed by atoms with Crippen LogP contribution in [0.3, 0.4) is 0 Å². The van der Waals surface area contributed by atoms with Gasteiger partial charge in [0, 0.05) is 15.6 Å². The minimum atomic E-state index is -0.358. The normalized spacial score (nSPS) is 15.6. The molecule has 3 rings (SSSR count). The highest BCUT2D eigenvalue weighted by atomic mass is 35.5. The summed E-state index contributed by atoms with van der Waals surface area (Å²) in [6.45, 7) is 6.29. The zero-order valence-electron chi connectivity index (χ0n) is 16.4. The standard InChI is InChI=1S/C21H25ClN2O3S/c1-4-27-21(26)19-14-9-8-12(2)10-17(14)28-20(19)24-18(25)11-23-16-7-5-6-15(22)13(16)3/h5-7,12,23H,4,8-11H2,1-3H3,(H,24,25)/t12-/m1/s1. The second-order valence-electron chi connectivity index (χ2n) is 7.09. The molecule has 1 amide bonds. The molecule has 2 aromatic rings. The van der Waals surface area contributed by atoms with Crippen LogP contribution in [0.4, 0.5) is 10.7 Å². The maximum Gasteiger partial charge on any atom is 0.341 e. The van der Waals surface area contributed by atoms with Gasteiger partial charge in [0.05, 0.1) is 18.7 Å². The molecule has 0 radical (unpaired) electrons. The third-order valence-electron chi connectivity index (χ3n) is 4.95. The predicted octanol–water partition coefficient (Wildman–Crippen LogP) is 5.06. The van der Waals surface area contributed by atoms with Crippen LogP contribution < -0.4 is 10.6 Å². The summed E-state index contributed by atoms with van der Waals surface area (Å²) in [5, 5.41) is 7.26. The topological polar surface area (TPSA) is 67.4 Å². The summed E-state index contributed by atoms with van der Waals surface area (Å²) in [7, 11) is 0. The van der Waals surface area contributed by atoms with Crippen molar-refractivity contribution in [3.63, 3.8) is 0 Å². The fourth-order valence-electron chi connectivity index (χ4n) is 3.40. The number of ether oxygens (including phenoxy) is 1. The Morgan fingerprint density at radius 2 is 2.14 bits per heavy atom. The van der Waals surface area contributed by atoms with Crippen LogP contribution >= 0.6 is 22.9 Å². The average molecular weight is 421 g/mol. The van der Waals surface area contributed by atoms with Gasteiger partial charge in [0.15, 0.2) is 0 Å². The number of hydrogen-bond acceptors (Lipinski definition) is 5. The predicted molar refractivity (Wildman–Crippen MR) is 115 cm³/mol. The molecule has 1 heterocycles. The molecule has 0 spiro atoms. The first kappa shape index (κ1) is 20.7. The molecule has 28 heavy (non-hydrogen) atoms. The van der Waals surface area contributed by atoms with E-state index in [-0.39, 0.29) is 18.4 Å². The molecular formula is C21H25ClN2O3S. The SMILES string of the molecule is CCOC(=O)c1c(NC(=O)CNc2cccc(Cl)c2C)sc2c1CC[C@@H](C)C2. The molecule has 150 valence electrons. The van der Waals surface area contributed by atoms with E-state index in [4.69, 9.17) is 16.3 Å². The summed E-state index contributed by atoms with van der Waals surface area (Å²) >= 11 is 7.62. The van der Waals surface area contributed by atoms with Gasteiger partial charge >= 0.3 is 5.97 Å². The van der Waals surface area contributed by atoms with E-state index in [0.29, 0.717) is 28.1 Å². The van der Waals surface area contributed by atoms with Crippen molar-refractivity contribution >= 4 is 45.5 Å². The van der Waals surface area contributed by atoms with Crippen LogP contribution in [0.1, 0.15) is 46.6 Å². The number of rotatable bonds is 6. The Morgan fingerprint density at radius 3 is 2.89 bits per heavy atom. The van der Waals surface area contributed by atoms with Gasteiger partial charge in [-0.3, -0.25) is 4.79 Å². The molecule has 0 saturated heterocycles. The number of nitrogens with one attached hydrogen (secondary N) is 2. The molecule has 1 atom stereocenters. The Kier molecular flexibility index (Phi) is 6.62. The van der Waals surface area contributed by atoms with Crippen molar-refractivity contribution < 1.29 is 14.3 Å². The summed E-state index contributed by atoms with van der Waals surface area (Å²) in [4.78, 5) is 26.2. The maximum absolute atomic E-state index is 12.5. The number of fused-ring (bicyclic) bond motifs is 1. The Morgan fingerprint density at radius 1 is 1.36 bits per heavy atom. The summed E-state index contributed by atoms with van der Waals surface area (Å²) < 4.78 is 5.25. The summed E-state index contributed by atoms with van der Waals surface area (Å²) in [5.74, 6) is 0.0114. The van der Waals surface area contributed by atoms with E-state index in [1.807, 2.05) is 25.1 Å². The zero-order valence-corrected chi connectivity index (χ0v) is 17.9. The highest BCUT2D eigenvalue weighted by Gasteiger charge is 2.29. The van der Waals surface area contributed by atoms with Gasteiger partial charge in [-0.15, -0.1) is 11.3 Å². The highest BCUT2D eigenvalue weighted by Crippen LogP contribution is 2.40. The zero-order chi connectivity index (χ0) is 20.3. The first-order chi connectivity index (χ1) is 13.4. The Bertz CT molecular complexity index is 894. The Hall–Kier alpha value is -2.05. The highest BCUT2D eigenvalue weighted by molar-refractivity contribution is 7.17. The number of hydrogen-bond donors (Lipinski definition) is 2. The van der Waals surface area contributed by atoms with Gasteiger partial charge in [0.2, 0.25) is 5.91 Å². The minimum absolute atomic E-state index is 0.0857. The van der Waals surface area contributed by atoms with E-state index in [1.165, 1.54) is 16.2 Å². The number of thiophene rings is 1. The number of carbonyl (C=O) groups is 2. The molecule has 7 heteroatoms. The summed E-state index contributed by atoms with van der Waals surface area (Å²) in [6, 6.07) is 5.53. The molecule has 1 aliphatic rings. The first-order valence-electron chi connectivity index (χ1n) is 9.51. The van der Waals surface area contributed by atoms with Gasteiger partial charge in [-0.25, -0.2) is 4.79 Å². The molecule has 1 aromatic carbocycles. The molecule has 2 N–H and O–H groups in total. The largest absolute Gasteiger partial charge is 0.462 e. The van der Waals surface area contributed by atoms with Crippen LogP contribution in [0.5, 0.6) is 0 Å². The van der Waals surface area contributed by atoms with E-state index in [9.17, 15) is 9.59 Å². The third-order valence-corrected chi connectivity index (χ3v) is 6.53. The molecule has 0 unspecified atom stereocenters. The van der Waals surface area contributed by atoms with E-state index >= 15 is 0 Å². The molecule has 1 aliphatic carbocycles. The van der Waals surface area contributed by atoms with Crippen molar-refractivity contribution in [2.24, 2.45) is 5.92 Å². The average Bonchev–Trinajstić information content (AvgIpc) is 2.99. The molecule has 1 aromatic heterocycles. The van der Waals surface area contributed by atoms with Gasteiger partial charge in [-0.05, 0) is 62.3 Å². The molecule has 0 aliphatic heterocycles. The van der Waals surface area contributed by atoms with Crippen LogP contribution in [-0.4, -0.2) is 25.0 Å². The fourth-order valence-corrected chi connectivity index (χ4v) is 4.99. The van der Waals surface area contributed by atoms with E-state index in [1.54, 1.807) is 6.92 Å². The minimum Gasteiger partial charge on any atom is -0.462 e.